The largest absolute Gasteiger partial charge is 0.325 e. The summed E-state index contributed by atoms with van der Waals surface area (Å²) < 4.78 is 0. The third-order valence-electron chi connectivity index (χ3n) is 5.18. The minimum absolute atomic E-state index is 0.0734. The summed E-state index contributed by atoms with van der Waals surface area (Å²) in [5, 5.41) is 3.01. The fraction of sp³-hybridized carbons (Fsp3) is 0.333. The van der Waals surface area contributed by atoms with Crippen molar-refractivity contribution in [1.29, 1.82) is 0 Å². The van der Waals surface area contributed by atoms with Crippen molar-refractivity contribution in [1.82, 2.24) is 4.90 Å². The van der Waals surface area contributed by atoms with Crippen molar-refractivity contribution in [3.8, 4) is 0 Å². The van der Waals surface area contributed by atoms with Crippen molar-refractivity contribution in [3.63, 3.8) is 0 Å². The summed E-state index contributed by atoms with van der Waals surface area (Å²) in [7, 11) is 0. The maximum Gasteiger partial charge on any atom is 0.259 e. The minimum Gasteiger partial charge on any atom is -0.325 e. The number of rotatable bonds is 5. The van der Waals surface area contributed by atoms with E-state index < -0.39 is 11.3 Å². The van der Waals surface area contributed by atoms with Gasteiger partial charge in [0.1, 0.15) is 11.9 Å². The van der Waals surface area contributed by atoms with Crippen molar-refractivity contribution >= 4 is 46.0 Å². The van der Waals surface area contributed by atoms with E-state index >= 15 is 0 Å². The number of anilines is 1. The van der Waals surface area contributed by atoms with Gasteiger partial charge in [-0.2, -0.15) is 0 Å². The second-order valence-electron chi connectivity index (χ2n) is 8.30. The third kappa shape index (κ3) is 4.42. The highest BCUT2D eigenvalue weighted by atomic mass is 32.2. The predicted octanol–water partition coefficient (Wildman–Crippen LogP) is 4.76. The Hall–Kier alpha value is -2.93. The molecule has 2 aromatic carbocycles. The van der Waals surface area contributed by atoms with Gasteiger partial charge in [-0.1, -0.05) is 49.9 Å². The number of hydrogen-bond donors (Lipinski definition) is 1. The zero-order valence-corrected chi connectivity index (χ0v) is 18.9. The number of amidine groups is 2. The normalized spacial score (nSPS) is 18.3. The van der Waals surface area contributed by atoms with Gasteiger partial charge in [0.2, 0.25) is 5.91 Å². The average molecular weight is 435 g/mol. The number of benzene rings is 2. The van der Waals surface area contributed by atoms with E-state index in [0.717, 1.165) is 22.5 Å². The van der Waals surface area contributed by atoms with E-state index in [2.05, 4.69) is 19.2 Å². The lowest BCUT2D eigenvalue weighted by atomic mass is 10.0. The Morgan fingerprint density at radius 2 is 1.94 bits per heavy atom. The Labute approximate surface area is 186 Å². The molecule has 0 fully saturated rings. The highest BCUT2D eigenvalue weighted by Crippen LogP contribution is 2.35. The van der Waals surface area contributed by atoms with Crippen LogP contribution in [0.25, 0.3) is 0 Å². The molecule has 31 heavy (non-hydrogen) atoms. The molecule has 0 aliphatic carbocycles. The number of hydrogen-bond acceptors (Lipinski definition) is 5. The van der Waals surface area contributed by atoms with Crippen LogP contribution in [0.2, 0.25) is 0 Å². The maximum absolute atomic E-state index is 13.2. The van der Waals surface area contributed by atoms with Gasteiger partial charge in [-0.15, -0.1) is 0 Å². The van der Waals surface area contributed by atoms with Crippen LogP contribution in [0, 0.1) is 12.8 Å². The first-order chi connectivity index (χ1) is 14.8. The lowest BCUT2D eigenvalue weighted by Crippen LogP contribution is -2.42. The lowest BCUT2D eigenvalue weighted by Gasteiger charge is -2.27. The van der Waals surface area contributed by atoms with E-state index in [1.165, 1.54) is 11.8 Å². The predicted molar refractivity (Wildman–Crippen MR) is 127 cm³/mol. The highest BCUT2D eigenvalue weighted by Gasteiger charge is 2.42. The molecule has 0 saturated heterocycles. The molecule has 0 bridgehead atoms. The summed E-state index contributed by atoms with van der Waals surface area (Å²) in [5.41, 5.74) is 3.45. The van der Waals surface area contributed by atoms with E-state index in [-0.39, 0.29) is 11.8 Å². The van der Waals surface area contributed by atoms with E-state index in [4.69, 9.17) is 9.98 Å². The van der Waals surface area contributed by atoms with Crippen molar-refractivity contribution in [3.05, 3.63) is 59.7 Å². The van der Waals surface area contributed by atoms with Crippen LogP contribution in [0.5, 0.6) is 0 Å². The van der Waals surface area contributed by atoms with Gasteiger partial charge in [0, 0.05) is 11.3 Å². The minimum atomic E-state index is -0.442. The number of aryl methyl sites for hydroxylation is 1. The van der Waals surface area contributed by atoms with Crippen molar-refractivity contribution < 1.29 is 9.59 Å². The smallest absolute Gasteiger partial charge is 0.259 e. The van der Waals surface area contributed by atoms with Gasteiger partial charge >= 0.3 is 0 Å². The van der Waals surface area contributed by atoms with E-state index in [1.54, 1.807) is 4.90 Å². The Balaban J connectivity index is 1.59. The van der Waals surface area contributed by atoms with Crippen LogP contribution in [-0.4, -0.2) is 39.0 Å². The highest BCUT2D eigenvalue weighted by molar-refractivity contribution is 8.15. The molecule has 0 unspecified atom stereocenters. The molecule has 0 radical (unpaired) electrons. The fourth-order valence-corrected chi connectivity index (χ4v) is 4.57. The summed E-state index contributed by atoms with van der Waals surface area (Å²) in [6.07, 6.45) is 0.683. The SMILES string of the molecule is Cc1cccc(NC(=O)[C@H](C)SC2=Nc3ccccc3C3=N[C@H](CC(C)C)C(=O)N23)c1. The Bertz CT molecular complexity index is 1090. The first-order valence-electron chi connectivity index (χ1n) is 10.5. The number of aliphatic imine (C=N–C) groups is 2. The standard InChI is InChI=1S/C24H26N4O2S/c1-14(2)12-20-23(30)28-21(26-20)18-10-5-6-11-19(18)27-24(28)31-16(4)22(29)25-17-9-7-8-15(3)13-17/h5-11,13-14,16,20H,12H2,1-4H3,(H,25,29)/t16-,20+/m0/s1. The molecule has 0 spiro atoms. The van der Waals surface area contributed by atoms with Crippen LogP contribution < -0.4 is 5.32 Å². The van der Waals surface area contributed by atoms with Crippen LogP contribution in [0.4, 0.5) is 11.4 Å². The van der Waals surface area contributed by atoms with E-state index in [9.17, 15) is 9.59 Å². The molecule has 2 aliphatic heterocycles. The van der Waals surface area contributed by atoms with Crippen LogP contribution in [0.3, 0.4) is 0 Å². The van der Waals surface area contributed by atoms with E-state index in [1.807, 2.05) is 62.4 Å². The molecule has 7 heteroatoms. The number of nitrogens with zero attached hydrogens (tertiary/aromatic N) is 3. The topological polar surface area (TPSA) is 74.1 Å². The van der Waals surface area contributed by atoms with Gasteiger partial charge in [0.05, 0.1) is 10.9 Å². The van der Waals surface area contributed by atoms with Crippen LogP contribution in [-0.2, 0) is 9.59 Å². The number of carbonyl (C=O) groups is 2. The molecule has 1 N–H and O–H groups in total. The Morgan fingerprint density at radius 1 is 1.16 bits per heavy atom. The van der Waals surface area contributed by atoms with Crippen molar-refractivity contribution in [2.24, 2.45) is 15.9 Å². The summed E-state index contributed by atoms with van der Waals surface area (Å²) >= 11 is 1.28. The molecule has 0 saturated carbocycles. The van der Waals surface area contributed by atoms with Gasteiger partial charge in [-0.05, 0) is 56.0 Å². The molecule has 6 nitrogen and oxygen atoms in total. The summed E-state index contributed by atoms with van der Waals surface area (Å²) in [6, 6.07) is 14.9. The van der Waals surface area contributed by atoms with Gasteiger partial charge in [-0.25, -0.2) is 9.89 Å². The van der Waals surface area contributed by atoms with Gasteiger partial charge in [0.15, 0.2) is 5.17 Å². The fourth-order valence-electron chi connectivity index (χ4n) is 3.66. The number of thioether (sulfide) groups is 1. The van der Waals surface area contributed by atoms with Gasteiger partial charge < -0.3 is 5.32 Å². The van der Waals surface area contributed by atoms with Crippen molar-refractivity contribution in [2.75, 3.05) is 5.32 Å². The lowest BCUT2D eigenvalue weighted by molar-refractivity contribution is -0.125. The second kappa shape index (κ2) is 8.67. The molecule has 2 heterocycles. The molecule has 0 aromatic heterocycles. The summed E-state index contributed by atoms with van der Waals surface area (Å²) in [6.45, 7) is 7.97. The zero-order chi connectivity index (χ0) is 22.1. The van der Waals surface area contributed by atoms with Gasteiger partial charge in [-0.3, -0.25) is 14.6 Å². The zero-order valence-electron chi connectivity index (χ0n) is 18.1. The molecule has 2 amide bonds. The average Bonchev–Trinajstić information content (AvgIpc) is 3.04. The van der Waals surface area contributed by atoms with Crippen LogP contribution in [0.15, 0.2) is 58.5 Å². The number of nitrogens with one attached hydrogen (secondary N) is 1. The second-order valence-corrected chi connectivity index (χ2v) is 9.61. The molecule has 2 atom stereocenters. The first kappa shape index (κ1) is 21.3. The number of amides is 2. The monoisotopic (exact) mass is 434 g/mol. The molecule has 160 valence electrons. The number of carbonyl (C=O) groups excluding carboxylic acids is 2. The molecular weight excluding hydrogens is 408 g/mol. The third-order valence-corrected chi connectivity index (χ3v) is 6.23. The van der Waals surface area contributed by atoms with Crippen molar-refractivity contribution in [2.45, 2.75) is 45.4 Å². The number of para-hydroxylation sites is 1. The van der Waals surface area contributed by atoms with Gasteiger partial charge in [0.25, 0.3) is 5.91 Å². The Kier molecular flexibility index (Phi) is 5.96. The first-order valence-corrected chi connectivity index (χ1v) is 11.4. The molecule has 2 aromatic rings. The maximum atomic E-state index is 13.2. The number of fused-ring (bicyclic) bond motifs is 3. The quantitative estimate of drug-likeness (QED) is 0.737. The molecule has 2 aliphatic rings. The Morgan fingerprint density at radius 3 is 2.68 bits per heavy atom. The van der Waals surface area contributed by atoms with Crippen LogP contribution >= 0.6 is 11.8 Å². The van der Waals surface area contributed by atoms with Crippen LogP contribution in [0.1, 0.15) is 38.3 Å². The summed E-state index contributed by atoms with van der Waals surface area (Å²) in [5.74, 6) is 0.772. The molecular formula is C24H26N4O2S. The molecule has 4 rings (SSSR count). The summed E-state index contributed by atoms with van der Waals surface area (Å²) in [4.78, 5) is 37.1. The van der Waals surface area contributed by atoms with E-state index in [0.29, 0.717) is 23.3 Å².